The van der Waals surface area contributed by atoms with E-state index < -0.39 is 0 Å². The summed E-state index contributed by atoms with van der Waals surface area (Å²) in [4.78, 5) is 26.9. The van der Waals surface area contributed by atoms with E-state index >= 15 is 0 Å². The normalized spacial score (nSPS) is 15.5. The van der Waals surface area contributed by atoms with Crippen molar-refractivity contribution in [1.29, 1.82) is 0 Å². The summed E-state index contributed by atoms with van der Waals surface area (Å²) < 4.78 is 0. The SMILES string of the molecule is C=C/C=C\C=C(/N)N1CCN(c2cccc3c2-c2nc(N)nc(-c4ccccc4)c2C3=O)CC1. The highest BCUT2D eigenvalue weighted by atomic mass is 16.1. The average Bonchev–Trinajstić information content (AvgIpc) is 3.16. The maximum atomic E-state index is 13.5. The Balaban J connectivity index is 1.51. The van der Waals surface area contributed by atoms with Crippen molar-refractivity contribution < 1.29 is 4.79 Å². The number of carbonyl (C=O) groups is 1. The van der Waals surface area contributed by atoms with Gasteiger partial charge in [-0.1, -0.05) is 67.3 Å². The minimum absolute atomic E-state index is 0.0643. The second-order valence-corrected chi connectivity index (χ2v) is 8.24. The number of anilines is 2. The lowest BCUT2D eigenvalue weighted by Gasteiger charge is -2.38. The van der Waals surface area contributed by atoms with Crippen LogP contribution in [-0.4, -0.2) is 46.8 Å². The van der Waals surface area contributed by atoms with Crippen molar-refractivity contribution in [3.8, 4) is 22.5 Å². The van der Waals surface area contributed by atoms with Gasteiger partial charge in [-0.2, -0.15) is 0 Å². The standard InChI is InChI=1S/C27H26N6O/c1-2-3-5-13-21(28)33-16-14-32(15-17-33)20-12-8-11-19-22(20)25-23(26(19)34)24(30-27(29)31-25)18-9-6-4-7-10-18/h2-13H,1,14-17,28H2,(H2,29,30,31)/b5-3-,21-13+. The van der Waals surface area contributed by atoms with E-state index in [1.165, 1.54) is 0 Å². The van der Waals surface area contributed by atoms with Crippen molar-refractivity contribution in [3.05, 3.63) is 96.4 Å². The molecule has 2 aromatic carbocycles. The van der Waals surface area contributed by atoms with E-state index in [4.69, 9.17) is 11.5 Å². The molecule has 0 saturated carbocycles. The van der Waals surface area contributed by atoms with Crippen LogP contribution >= 0.6 is 0 Å². The largest absolute Gasteiger partial charge is 0.385 e. The van der Waals surface area contributed by atoms with Gasteiger partial charge in [0.05, 0.1) is 22.8 Å². The van der Waals surface area contributed by atoms with Crippen LogP contribution < -0.4 is 16.4 Å². The lowest BCUT2D eigenvalue weighted by atomic mass is 10.0. The number of nitrogens with two attached hydrogens (primary N) is 2. The number of rotatable bonds is 5. The number of piperazine rings is 1. The molecule has 2 heterocycles. The average molecular weight is 451 g/mol. The van der Waals surface area contributed by atoms with Crippen LogP contribution in [0.15, 0.2) is 85.2 Å². The van der Waals surface area contributed by atoms with E-state index in [2.05, 4.69) is 26.3 Å². The van der Waals surface area contributed by atoms with Gasteiger partial charge in [0.1, 0.15) is 0 Å². The van der Waals surface area contributed by atoms with Crippen molar-refractivity contribution in [2.45, 2.75) is 0 Å². The molecular formula is C27H26N6O. The van der Waals surface area contributed by atoms with Crippen molar-refractivity contribution in [1.82, 2.24) is 14.9 Å². The predicted molar refractivity (Wildman–Crippen MR) is 136 cm³/mol. The number of nitrogens with zero attached hydrogens (tertiary/aromatic N) is 4. The molecule has 0 bridgehead atoms. The quantitative estimate of drug-likeness (QED) is 0.448. The maximum absolute atomic E-state index is 13.5. The fourth-order valence-corrected chi connectivity index (χ4v) is 4.60. The first-order valence-electron chi connectivity index (χ1n) is 11.2. The molecule has 7 heteroatoms. The van der Waals surface area contributed by atoms with E-state index in [9.17, 15) is 4.79 Å². The number of ketones is 1. The minimum atomic E-state index is -0.0643. The Morgan fingerprint density at radius 3 is 2.38 bits per heavy atom. The molecule has 1 fully saturated rings. The molecule has 1 aliphatic heterocycles. The minimum Gasteiger partial charge on any atom is -0.385 e. The monoisotopic (exact) mass is 450 g/mol. The van der Waals surface area contributed by atoms with Gasteiger partial charge in [0.25, 0.3) is 0 Å². The zero-order chi connectivity index (χ0) is 23.7. The molecule has 0 radical (unpaired) electrons. The van der Waals surface area contributed by atoms with Crippen LogP contribution in [-0.2, 0) is 0 Å². The zero-order valence-corrected chi connectivity index (χ0v) is 18.8. The summed E-state index contributed by atoms with van der Waals surface area (Å²) in [5, 5.41) is 0. The van der Waals surface area contributed by atoms with Gasteiger partial charge in [-0.3, -0.25) is 4.79 Å². The predicted octanol–water partition coefficient (Wildman–Crippen LogP) is 3.60. The van der Waals surface area contributed by atoms with Crippen LogP contribution in [0.3, 0.4) is 0 Å². The van der Waals surface area contributed by atoms with Crippen LogP contribution in [0.25, 0.3) is 22.5 Å². The fourth-order valence-electron chi connectivity index (χ4n) is 4.60. The Kier molecular flexibility index (Phi) is 5.59. The van der Waals surface area contributed by atoms with Gasteiger partial charge in [-0.25, -0.2) is 9.97 Å². The van der Waals surface area contributed by atoms with E-state index in [-0.39, 0.29) is 11.7 Å². The van der Waals surface area contributed by atoms with Crippen molar-refractivity contribution >= 4 is 17.4 Å². The number of hydrogen-bond acceptors (Lipinski definition) is 7. The second kappa shape index (κ2) is 8.86. The van der Waals surface area contributed by atoms with Crippen LogP contribution in [0.5, 0.6) is 0 Å². The smallest absolute Gasteiger partial charge is 0.221 e. The number of carbonyl (C=O) groups excluding carboxylic acids is 1. The lowest BCUT2D eigenvalue weighted by molar-refractivity contribution is 0.104. The third-order valence-corrected chi connectivity index (χ3v) is 6.22. The number of hydrogen-bond donors (Lipinski definition) is 2. The van der Waals surface area contributed by atoms with Gasteiger partial charge < -0.3 is 21.3 Å². The number of allylic oxidation sites excluding steroid dienone is 4. The maximum Gasteiger partial charge on any atom is 0.221 e. The van der Waals surface area contributed by atoms with E-state index in [1.807, 2.05) is 66.8 Å². The molecule has 5 rings (SSSR count). The summed E-state index contributed by atoms with van der Waals surface area (Å²) in [6.45, 7) is 6.76. The summed E-state index contributed by atoms with van der Waals surface area (Å²) in [6.07, 6.45) is 7.34. The Morgan fingerprint density at radius 1 is 0.912 bits per heavy atom. The summed E-state index contributed by atoms with van der Waals surface area (Å²) in [5.74, 6) is 0.818. The van der Waals surface area contributed by atoms with E-state index in [0.717, 1.165) is 48.8 Å². The van der Waals surface area contributed by atoms with Gasteiger partial charge in [-0.05, 0) is 12.1 Å². The van der Waals surface area contributed by atoms with Gasteiger partial charge in [0, 0.05) is 48.6 Å². The highest BCUT2D eigenvalue weighted by molar-refractivity contribution is 6.25. The van der Waals surface area contributed by atoms with Crippen LogP contribution in [0, 0.1) is 0 Å². The molecule has 34 heavy (non-hydrogen) atoms. The highest BCUT2D eigenvalue weighted by Gasteiger charge is 2.35. The fraction of sp³-hybridized carbons (Fsp3) is 0.148. The van der Waals surface area contributed by atoms with Crippen molar-refractivity contribution in [3.63, 3.8) is 0 Å². The van der Waals surface area contributed by atoms with Gasteiger partial charge in [-0.15, -0.1) is 0 Å². The third kappa shape index (κ3) is 3.71. The van der Waals surface area contributed by atoms with Crippen LogP contribution in [0.2, 0.25) is 0 Å². The van der Waals surface area contributed by atoms with Crippen molar-refractivity contribution in [2.24, 2.45) is 5.73 Å². The number of aromatic nitrogens is 2. The number of fused-ring (bicyclic) bond motifs is 3. The first-order chi connectivity index (χ1) is 16.6. The summed E-state index contributed by atoms with van der Waals surface area (Å²) in [7, 11) is 0. The van der Waals surface area contributed by atoms with Gasteiger partial charge in [0.15, 0.2) is 5.78 Å². The van der Waals surface area contributed by atoms with Crippen molar-refractivity contribution in [2.75, 3.05) is 36.8 Å². The molecular weight excluding hydrogens is 424 g/mol. The summed E-state index contributed by atoms with van der Waals surface area (Å²) >= 11 is 0. The molecule has 0 amide bonds. The molecule has 1 aliphatic carbocycles. The first-order valence-corrected chi connectivity index (χ1v) is 11.2. The van der Waals surface area contributed by atoms with E-state index in [1.54, 1.807) is 6.08 Å². The van der Waals surface area contributed by atoms with E-state index in [0.29, 0.717) is 22.5 Å². The summed E-state index contributed by atoms with van der Waals surface area (Å²) in [6, 6.07) is 15.5. The third-order valence-electron chi connectivity index (χ3n) is 6.22. The second-order valence-electron chi connectivity index (χ2n) is 8.24. The molecule has 170 valence electrons. The molecule has 1 aromatic heterocycles. The lowest BCUT2D eigenvalue weighted by Crippen LogP contribution is -2.47. The Bertz CT molecular complexity index is 1320. The topological polar surface area (TPSA) is 101 Å². The highest BCUT2D eigenvalue weighted by Crippen LogP contribution is 2.45. The Labute approximate surface area is 198 Å². The molecule has 7 nitrogen and oxygen atoms in total. The van der Waals surface area contributed by atoms with Crippen LogP contribution in [0.1, 0.15) is 15.9 Å². The van der Waals surface area contributed by atoms with Crippen LogP contribution in [0.4, 0.5) is 11.6 Å². The molecule has 1 saturated heterocycles. The number of nitrogen functional groups attached to an aromatic ring is 1. The Hall–Kier alpha value is -4.39. The molecule has 2 aliphatic rings. The zero-order valence-electron chi connectivity index (χ0n) is 18.8. The van der Waals surface area contributed by atoms with Gasteiger partial charge in [0.2, 0.25) is 5.95 Å². The number of benzene rings is 2. The molecule has 4 N–H and O–H groups in total. The Morgan fingerprint density at radius 2 is 1.65 bits per heavy atom. The molecule has 0 atom stereocenters. The molecule has 0 spiro atoms. The first kappa shape index (κ1) is 21.5. The molecule has 0 unspecified atom stereocenters. The summed E-state index contributed by atoms with van der Waals surface area (Å²) in [5.41, 5.74) is 17.4. The molecule has 3 aromatic rings. The van der Waals surface area contributed by atoms with Gasteiger partial charge >= 0.3 is 0 Å².